The normalized spacial score (nSPS) is 14.1. The Hall–Kier alpha value is -2.84. The summed E-state index contributed by atoms with van der Waals surface area (Å²) in [5.74, 6) is 0.553. The zero-order valence-corrected chi connectivity index (χ0v) is 17.4. The number of benzene rings is 1. The van der Waals surface area contributed by atoms with Gasteiger partial charge in [-0.1, -0.05) is 0 Å². The quantitative estimate of drug-likeness (QED) is 0.642. The van der Waals surface area contributed by atoms with Crippen molar-refractivity contribution in [2.24, 2.45) is 0 Å². The van der Waals surface area contributed by atoms with Gasteiger partial charge >= 0.3 is 0 Å². The molecule has 150 valence electrons. The number of carbonyl (C=O) groups is 1. The van der Waals surface area contributed by atoms with Gasteiger partial charge in [-0.2, -0.15) is 0 Å². The van der Waals surface area contributed by atoms with Crippen LogP contribution in [-0.4, -0.2) is 45.4 Å². The number of amides is 1. The van der Waals surface area contributed by atoms with Gasteiger partial charge in [0, 0.05) is 17.6 Å². The standard InChI is InChI=1S/C21H24N6OS/c1-14-20(29-15(2)23-14)18-9-10-22-21(26-18)25-17-7-5-16(6-8-17)24-19(28)13-27-11-3-4-12-27/h5-10H,3-4,11-13H2,1-2H3,(H,24,28)(H,22,25,26). The third kappa shape index (κ3) is 4.96. The first-order valence-electron chi connectivity index (χ1n) is 9.73. The summed E-state index contributed by atoms with van der Waals surface area (Å²) in [5.41, 5.74) is 3.48. The number of rotatable bonds is 6. The van der Waals surface area contributed by atoms with Gasteiger partial charge in [0.2, 0.25) is 11.9 Å². The molecule has 29 heavy (non-hydrogen) atoms. The molecule has 1 saturated heterocycles. The van der Waals surface area contributed by atoms with Crippen LogP contribution in [0.1, 0.15) is 23.5 Å². The van der Waals surface area contributed by atoms with E-state index in [1.54, 1.807) is 17.5 Å². The number of anilines is 3. The van der Waals surface area contributed by atoms with E-state index in [9.17, 15) is 4.79 Å². The maximum atomic E-state index is 12.2. The molecule has 3 aromatic rings. The third-order valence-corrected chi connectivity index (χ3v) is 5.88. The molecule has 0 radical (unpaired) electrons. The van der Waals surface area contributed by atoms with Crippen LogP contribution in [-0.2, 0) is 4.79 Å². The zero-order chi connectivity index (χ0) is 20.2. The maximum absolute atomic E-state index is 12.2. The zero-order valence-electron chi connectivity index (χ0n) is 16.6. The van der Waals surface area contributed by atoms with E-state index in [4.69, 9.17) is 0 Å². The lowest BCUT2D eigenvalue weighted by Gasteiger charge is -2.14. The van der Waals surface area contributed by atoms with Crippen LogP contribution in [0, 0.1) is 13.8 Å². The molecule has 0 spiro atoms. The monoisotopic (exact) mass is 408 g/mol. The molecule has 1 aromatic carbocycles. The highest BCUT2D eigenvalue weighted by molar-refractivity contribution is 7.15. The van der Waals surface area contributed by atoms with Crippen LogP contribution >= 0.6 is 11.3 Å². The Labute approximate surface area is 174 Å². The van der Waals surface area contributed by atoms with Crippen LogP contribution in [0.15, 0.2) is 36.5 Å². The van der Waals surface area contributed by atoms with Crippen LogP contribution in [0.5, 0.6) is 0 Å². The predicted octanol–water partition coefficient (Wildman–Crippen LogP) is 3.99. The fourth-order valence-electron chi connectivity index (χ4n) is 3.42. The Morgan fingerprint density at radius 1 is 1.07 bits per heavy atom. The molecule has 2 aromatic heterocycles. The fourth-order valence-corrected chi connectivity index (χ4v) is 4.31. The van der Waals surface area contributed by atoms with Gasteiger partial charge in [-0.05, 0) is 70.1 Å². The molecule has 7 nitrogen and oxygen atoms in total. The number of aryl methyl sites for hydroxylation is 2. The summed E-state index contributed by atoms with van der Waals surface area (Å²) < 4.78 is 0. The molecule has 8 heteroatoms. The van der Waals surface area contributed by atoms with Gasteiger partial charge in [-0.15, -0.1) is 11.3 Å². The summed E-state index contributed by atoms with van der Waals surface area (Å²) in [6.07, 6.45) is 4.10. The molecular weight excluding hydrogens is 384 g/mol. The Morgan fingerprint density at radius 3 is 2.48 bits per heavy atom. The smallest absolute Gasteiger partial charge is 0.238 e. The molecule has 1 aliphatic rings. The number of nitrogens with zero attached hydrogens (tertiary/aromatic N) is 4. The molecule has 1 amide bonds. The van der Waals surface area contributed by atoms with E-state index in [1.165, 1.54) is 12.8 Å². The third-order valence-electron chi connectivity index (χ3n) is 4.78. The highest BCUT2D eigenvalue weighted by Gasteiger charge is 2.15. The molecule has 1 aliphatic heterocycles. The van der Waals surface area contributed by atoms with E-state index in [-0.39, 0.29) is 5.91 Å². The average molecular weight is 409 g/mol. The van der Waals surface area contributed by atoms with E-state index >= 15 is 0 Å². The Morgan fingerprint density at radius 2 is 1.79 bits per heavy atom. The van der Waals surface area contributed by atoms with Gasteiger partial charge in [0.05, 0.1) is 27.8 Å². The van der Waals surface area contributed by atoms with Crippen molar-refractivity contribution in [1.82, 2.24) is 19.9 Å². The first kappa shape index (κ1) is 19.5. The second-order valence-electron chi connectivity index (χ2n) is 7.15. The van der Waals surface area contributed by atoms with Crippen LogP contribution in [0.2, 0.25) is 0 Å². The number of nitrogens with one attached hydrogen (secondary N) is 2. The van der Waals surface area contributed by atoms with E-state index in [0.717, 1.165) is 45.7 Å². The molecule has 0 saturated carbocycles. The number of aromatic nitrogens is 3. The first-order chi connectivity index (χ1) is 14.1. The van der Waals surface area contributed by atoms with E-state index in [1.807, 2.05) is 44.2 Å². The molecule has 0 unspecified atom stereocenters. The molecule has 2 N–H and O–H groups in total. The summed E-state index contributed by atoms with van der Waals surface area (Å²) in [6.45, 7) is 6.46. The van der Waals surface area contributed by atoms with Crippen molar-refractivity contribution < 1.29 is 4.79 Å². The second-order valence-corrected chi connectivity index (χ2v) is 8.35. The molecule has 1 fully saturated rings. The van der Waals surface area contributed by atoms with Crippen LogP contribution in [0.4, 0.5) is 17.3 Å². The van der Waals surface area contributed by atoms with Gasteiger partial charge in [0.1, 0.15) is 0 Å². The largest absolute Gasteiger partial charge is 0.325 e. The Bertz CT molecular complexity index is 995. The molecule has 3 heterocycles. The summed E-state index contributed by atoms with van der Waals surface area (Å²) in [4.78, 5) is 28.8. The summed E-state index contributed by atoms with van der Waals surface area (Å²) in [7, 11) is 0. The van der Waals surface area contributed by atoms with Crippen LogP contribution in [0.3, 0.4) is 0 Å². The minimum absolute atomic E-state index is 0.0267. The number of likely N-dealkylation sites (tertiary alicyclic amines) is 1. The van der Waals surface area contributed by atoms with Crippen LogP contribution < -0.4 is 10.6 Å². The van der Waals surface area contributed by atoms with Gasteiger partial charge < -0.3 is 10.6 Å². The fraction of sp³-hybridized carbons (Fsp3) is 0.333. The summed E-state index contributed by atoms with van der Waals surface area (Å²) in [5, 5.41) is 7.20. The highest BCUT2D eigenvalue weighted by Crippen LogP contribution is 2.28. The second kappa shape index (κ2) is 8.67. The summed E-state index contributed by atoms with van der Waals surface area (Å²) in [6, 6.07) is 9.47. The minimum atomic E-state index is 0.0267. The SMILES string of the molecule is Cc1nc(C)c(-c2ccnc(Nc3ccc(NC(=O)CN4CCCC4)cc3)n2)s1. The van der Waals surface area contributed by atoms with Crippen molar-refractivity contribution in [3.63, 3.8) is 0 Å². The number of hydrogen-bond donors (Lipinski definition) is 2. The van der Waals surface area contributed by atoms with E-state index in [2.05, 4.69) is 30.5 Å². The number of carbonyl (C=O) groups excluding carboxylic acids is 1. The Kier molecular flexibility index (Phi) is 5.82. The molecule has 0 atom stereocenters. The van der Waals surface area contributed by atoms with Gasteiger partial charge in [0.25, 0.3) is 0 Å². The average Bonchev–Trinajstić information content (AvgIpc) is 3.32. The summed E-state index contributed by atoms with van der Waals surface area (Å²) >= 11 is 1.63. The minimum Gasteiger partial charge on any atom is -0.325 e. The molecule has 4 rings (SSSR count). The molecule has 0 aliphatic carbocycles. The predicted molar refractivity (Wildman–Crippen MR) is 117 cm³/mol. The van der Waals surface area contributed by atoms with E-state index < -0.39 is 0 Å². The van der Waals surface area contributed by atoms with Crippen LogP contribution in [0.25, 0.3) is 10.6 Å². The van der Waals surface area contributed by atoms with Crippen molar-refractivity contribution in [2.75, 3.05) is 30.3 Å². The van der Waals surface area contributed by atoms with Crippen molar-refractivity contribution in [3.8, 4) is 10.6 Å². The first-order valence-corrected chi connectivity index (χ1v) is 10.6. The molecular formula is C21H24N6OS. The maximum Gasteiger partial charge on any atom is 0.238 e. The lowest BCUT2D eigenvalue weighted by molar-refractivity contribution is -0.117. The number of thiazole rings is 1. The van der Waals surface area contributed by atoms with Crippen molar-refractivity contribution in [1.29, 1.82) is 0 Å². The van der Waals surface area contributed by atoms with Gasteiger partial charge in [0.15, 0.2) is 0 Å². The Balaban J connectivity index is 1.39. The van der Waals surface area contributed by atoms with Crippen molar-refractivity contribution >= 4 is 34.6 Å². The van der Waals surface area contributed by atoms with Crippen molar-refractivity contribution in [2.45, 2.75) is 26.7 Å². The van der Waals surface area contributed by atoms with E-state index in [0.29, 0.717) is 12.5 Å². The topological polar surface area (TPSA) is 83.0 Å². The van der Waals surface area contributed by atoms with Gasteiger partial charge in [-0.3, -0.25) is 9.69 Å². The van der Waals surface area contributed by atoms with Gasteiger partial charge in [-0.25, -0.2) is 15.0 Å². The lowest BCUT2D eigenvalue weighted by atomic mass is 10.2. The van der Waals surface area contributed by atoms with Crippen molar-refractivity contribution in [3.05, 3.63) is 47.2 Å². The number of hydrogen-bond acceptors (Lipinski definition) is 7. The highest BCUT2D eigenvalue weighted by atomic mass is 32.1. The lowest BCUT2D eigenvalue weighted by Crippen LogP contribution is -2.30. The molecule has 0 bridgehead atoms.